The quantitative estimate of drug-likeness (QED) is 0.514. The van der Waals surface area contributed by atoms with E-state index in [0.29, 0.717) is 0 Å². The second-order valence-corrected chi connectivity index (χ2v) is 5.89. The molecule has 0 rings (SSSR count). The predicted octanol–water partition coefficient (Wildman–Crippen LogP) is 2.59. The van der Waals surface area contributed by atoms with Crippen molar-refractivity contribution in [2.75, 3.05) is 12.8 Å². The first-order valence-corrected chi connectivity index (χ1v) is 7.13. The minimum Gasteiger partial charge on any atom is -0.462 e. The monoisotopic (exact) mass is 252 g/mol. The van der Waals surface area contributed by atoms with E-state index in [1.807, 2.05) is 0 Å². The summed E-state index contributed by atoms with van der Waals surface area (Å²) < 4.78 is 27.2. The van der Waals surface area contributed by atoms with Crippen LogP contribution in [0, 0.1) is 0 Å². The summed E-state index contributed by atoms with van der Waals surface area (Å²) in [6, 6.07) is 0. The van der Waals surface area contributed by atoms with E-state index in [0.717, 1.165) is 0 Å². The first-order chi connectivity index (χ1) is 7.29. The smallest absolute Gasteiger partial charge is 0.342 e. The molecule has 0 amide bonds. The summed E-state index contributed by atoms with van der Waals surface area (Å²) in [5.74, 6) is -0.563. The number of hydrogen-bond donors (Lipinski definition) is 0. The highest BCUT2D eigenvalue weighted by atomic mass is 31.2. The van der Waals surface area contributed by atoms with Crippen LogP contribution in [0.1, 0.15) is 34.6 Å². The van der Waals surface area contributed by atoms with Crippen molar-refractivity contribution in [3.63, 3.8) is 0 Å². The van der Waals surface area contributed by atoms with Gasteiger partial charge in [-0.2, -0.15) is 0 Å². The molecule has 0 saturated heterocycles. The van der Waals surface area contributed by atoms with Crippen LogP contribution in [-0.4, -0.2) is 30.9 Å². The molecule has 0 N–H and O–H groups in total. The summed E-state index contributed by atoms with van der Waals surface area (Å²) in [6.45, 7) is 8.86. The number of esters is 1. The zero-order chi connectivity index (χ0) is 12.8. The van der Waals surface area contributed by atoms with E-state index >= 15 is 0 Å². The largest absolute Gasteiger partial charge is 0.462 e. The van der Waals surface area contributed by atoms with E-state index in [1.165, 1.54) is 0 Å². The van der Waals surface area contributed by atoms with Gasteiger partial charge in [0.15, 0.2) is 0 Å². The standard InChI is InChI=1S/C10H21O5P/c1-6-13-16(12,15-9(4)5)7-10(11)14-8(2)3/h8-9H,6-7H2,1-5H3. The van der Waals surface area contributed by atoms with Crippen LogP contribution >= 0.6 is 7.60 Å². The van der Waals surface area contributed by atoms with Crippen molar-refractivity contribution in [3.05, 3.63) is 0 Å². The van der Waals surface area contributed by atoms with Crippen LogP contribution in [0.4, 0.5) is 0 Å². The highest BCUT2D eigenvalue weighted by Gasteiger charge is 2.30. The summed E-state index contributed by atoms with van der Waals surface area (Å²) in [7, 11) is -3.36. The lowest BCUT2D eigenvalue weighted by Gasteiger charge is -2.19. The Labute approximate surface area is 97.0 Å². The minimum atomic E-state index is -3.36. The van der Waals surface area contributed by atoms with Crippen molar-refractivity contribution in [1.82, 2.24) is 0 Å². The van der Waals surface area contributed by atoms with Crippen molar-refractivity contribution in [1.29, 1.82) is 0 Å². The highest BCUT2D eigenvalue weighted by Crippen LogP contribution is 2.49. The first kappa shape index (κ1) is 15.6. The van der Waals surface area contributed by atoms with Crippen LogP contribution in [0.5, 0.6) is 0 Å². The molecule has 0 aromatic heterocycles. The van der Waals surface area contributed by atoms with Gasteiger partial charge in [-0.15, -0.1) is 0 Å². The Kier molecular flexibility index (Phi) is 6.88. The van der Waals surface area contributed by atoms with Gasteiger partial charge in [-0.1, -0.05) is 0 Å². The second-order valence-electron chi connectivity index (χ2n) is 3.88. The number of ether oxygens (including phenoxy) is 1. The fraction of sp³-hybridized carbons (Fsp3) is 0.900. The Morgan fingerprint density at radius 3 is 2.12 bits per heavy atom. The van der Waals surface area contributed by atoms with Gasteiger partial charge in [0.1, 0.15) is 6.16 Å². The molecular weight excluding hydrogens is 231 g/mol. The lowest BCUT2D eigenvalue weighted by molar-refractivity contribution is -0.144. The maximum atomic E-state index is 12.1. The second kappa shape index (κ2) is 7.05. The molecule has 0 aliphatic carbocycles. The number of rotatable bonds is 7. The van der Waals surface area contributed by atoms with Crippen LogP contribution in [0.15, 0.2) is 0 Å². The molecule has 0 heterocycles. The molecule has 1 atom stereocenters. The Hall–Kier alpha value is -0.380. The number of carbonyl (C=O) groups is 1. The Balaban J connectivity index is 4.43. The molecular formula is C10H21O5P. The van der Waals surface area contributed by atoms with Gasteiger partial charge >= 0.3 is 13.6 Å². The summed E-state index contributed by atoms with van der Waals surface area (Å²) in [5, 5.41) is 0. The molecule has 5 nitrogen and oxygen atoms in total. The minimum absolute atomic E-state index is 0.235. The van der Waals surface area contributed by atoms with Crippen LogP contribution < -0.4 is 0 Å². The summed E-state index contributed by atoms with van der Waals surface area (Å²) in [4.78, 5) is 11.4. The molecule has 0 fully saturated rings. The van der Waals surface area contributed by atoms with Crippen LogP contribution in [0.3, 0.4) is 0 Å². The lowest BCUT2D eigenvalue weighted by Crippen LogP contribution is -2.18. The molecule has 16 heavy (non-hydrogen) atoms. The van der Waals surface area contributed by atoms with Crippen LogP contribution in [0.25, 0.3) is 0 Å². The van der Waals surface area contributed by atoms with Gasteiger partial charge in [-0.25, -0.2) is 0 Å². The van der Waals surface area contributed by atoms with Gasteiger partial charge < -0.3 is 13.8 Å². The SMILES string of the molecule is CCOP(=O)(CC(=O)OC(C)C)OC(C)C. The average molecular weight is 252 g/mol. The third-order valence-electron chi connectivity index (χ3n) is 1.39. The molecule has 0 aliphatic heterocycles. The molecule has 0 saturated carbocycles. The third kappa shape index (κ3) is 6.99. The fourth-order valence-corrected chi connectivity index (χ4v) is 2.74. The maximum absolute atomic E-state index is 12.1. The topological polar surface area (TPSA) is 61.8 Å². The molecule has 0 radical (unpaired) electrons. The van der Waals surface area contributed by atoms with E-state index in [-0.39, 0.29) is 25.0 Å². The zero-order valence-corrected chi connectivity index (χ0v) is 11.5. The van der Waals surface area contributed by atoms with Gasteiger partial charge in [0, 0.05) is 0 Å². The zero-order valence-electron chi connectivity index (χ0n) is 10.6. The van der Waals surface area contributed by atoms with Crippen molar-refractivity contribution in [2.24, 2.45) is 0 Å². The van der Waals surface area contributed by atoms with Crippen LogP contribution in [0.2, 0.25) is 0 Å². The Morgan fingerprint density at radius 2 is 1.75 bits per heavy atom. The van der Waals surface area contributed by atoms with Crippen molar-refractivity contribution < 1.29 is 23.1 Å². The van der Waals surface area contributed by atoms with Crippen LogP contribution in [-0.2, 0) is 23.1 Å². The summed E-state index contributed by atoms with van der Waals surface area (Å²) in [6.07, 6.45) is -0.831. The van der Waals surface area contributed by atoms with Crippen molar-refractivity contribution in [2.45, 2.75) is 46.8 Å². The van der Waals surface area contributed by atoms with E-state index in [4.69, 9.17) is 13.8 Å². The maximum Gasteiger partial charge on any atom is 0.342 e. The molecule has 0 spiro atoms. The van der Waals surface area contributed by atoms with E-state index < -0.39 is 13.6 Å². The van der Waals surface area contributed by atoms with Gasteiger partial charge in [-0.3, -0.25) is 9.36 Å². The summed E-state index contributed by atoms with van der Waals surface area (Å²) in [5.41, 5.74) is 0. The summed E-state index contributed by atoms with van der Waals surface area (Å²) >= 11 is 0. The molecule has 1 unspecified atom stereocenters. The Morgan fingerprint density at radius 1 is 1.19 bits per heavy atom. The number of hydrogen-bond acceptors (Lipinski definition) is 5. The first-order valence-electron chi connectivity index (χ1n) is 5.40. The normalized spacial score (nSPS) is 15.2. The van der Waals surface area contributed by atoms with E-state index in [2.05, 4.69) is 0 Å². The molecule has 0 aromatic rings. The molecule has 0 aliphatic rings. The number of carbonyl (C=O) groups excluding carboxylic acids is 1. The van der Waals surface area contributed by atoms with Crippen molar-refractivity contribution in [3.8, 4) is 0 Å². The van der Waals surface area contributed by atoms with Gasteiger partial charge in [-0.05, 0) is 34.6 Å². The molecule has 0 bridgehead atoms. The Bertz CT molecular complexity index is 262. The van der Waals surface area contributed by atoms with Gasteiger partial charge in [0.05, 0.1) is 18.8 Å². The molecule has 0 aromatic carbocycles. The van der Waals surface area contributed by atoms with Crippen molar-refractivity contribution >= 4 is 13.6 Å². The lowest BCUT2D eigenvalue weighted by atomic mass is 10.5. The fourth-order valence-electron chi connectivity index (χ4n) is 1.09. The van der Waals surface area contributed by atoms with E-state index in [9.17, 15) is 9.36 Å². The predicted molar refractivity (Wildman–Crippen MR) is 61.5 cm³/mol. The van der Waals surface area contributed by atoms with Gasteiger partial charge in [0.25, 0.3) is 0 Å². The molecule has 96 valence electrons. The molecule has 6 heteroatoms. The third-order valence-corrected chi connectivity index (χ3v) is 3.43. The average Bonchev–Trinajstić information content (AvgIpc) is 1.98. The van der Waals surface area contributed by atoms with E-state index in [1.54, 1.807) is 34.6 Å². The highest BCUT2D eigenvalue weighted by molar-refractivity contribution is 7.54. The van der Waals surface area contributed by atoms with Gasteiger partial charge in [0.2, 0.25) is 0 Å².